The first-order chi connectivity index (χ1) is 13.7. The Morgan fingerprint density at radius 2 is 1.86 bits per heavy atom. The lowest BCUT2D eigenvalue weighted by Gasteiger charge is -2.29. The van der Waals surface area contributed by atoms with E-state index in [1.165, 1.54) is 0 Å². The first-order valence-electron chi connectivity index (χ1n) is 9.58. The van der Waals surface area contributed by atoms with Gasteiger partial charge in [0.25, 0.3) is 0 Å². The predicted octanol–water partition coefficient (Wildman–Crippen LogP) is 5.39. The molecule has 29 heavy (non-hydrogen) atoms. The van der Waals surface area contributed by atoms with Crippen LogP contribution in [-0.4, -0.2) is 25.1 Å². The quantitative estimate of drug-likeness (QED) is 0.703. The SMILES string of the molecule is CC(C)CN1C(=O)C(C)(C)COc2cc(NC(=O)Nc3cccc(Cl)c3)ccc21. The van der Waals surface area contributed by atoms with E-state index in [1.54, 1.807) is 41.3 Å². The molecule has 0 saturated heterocycles. The molecule has 0 radical (unpaired) electrons. The summed E-state index contributed by atoms with van der Waals surface area (Å²) in [4.78, 5) is 27.1. The lowest BCUT2D eigenvalue weighted by Crippen LogP contribution is -2.43. The number of anilines is 3. The van der Waals surface area contributed by atoms with Gasteiger partial charge in [-0.2, -0.15) is 0 Å². The summed E-state index contributed by atoms with van der Waals surface area (Å²) in [5, 5.41) is 6.07. The van der Waals surface area contributed by atoms with Gasteiger partial charge in [-0.3, -0.25) is 4.79 Å². The fraction of sp³-hybridized carbons (Fsp3) is 0.364. The van der Waals surface area contributed by atoms with Gasteiger partial charge in [-0.1, -0.05) is 31.5 Å². The molecule has 1 aliphatic heterocycles. The number of rotatable bonds is 4. The van der Waals surface area contributed by atoms with E-state index in [0.717, 1.165) is 5.69 Å². The molecule has 0 aliphatic carbocycles. The maximum absolute atomic E-state index is 13.0. The topological polar surface area (TPSA) is 70.7 Å². The first-order valence-corrected chi connectivity index (χ1v) is 9.96. The van der Waals surface area contributed by atoms with Crippen LogP contribution >= 0.6 is 11.6 Å². The fourth-order valence-electron chi connectivity index (χ4n) is 3.13. The number of hydrogen-bond acceptors (Lipinski definition) is 3. The van der Waals surface area contributed by atoms with Crippen molar-refractivity contribution in [2.75, 3.05) is 28.7 Å². The van der Waals surface area contributed by atoms with Crippen LogP contribution in [0.4, 0.5) is 21.9 Å². The predicted molar refractivity (Wildman–Crippen MR) is 117 cm³/mol. The second-order valence-corrected chi connectivity index (χ2v) is 8.69. The molecular formula is C22H26ClN3O3. The molecule has 1 aliphatic rings. The molecule has 2 aromatic carbocycles. The van der Waals surface area contributed by atoms with Crippen molar-refractivity contribution in [2.45, 2.75) is 27.7 Å². The van der Waals surface area contributed by atoms with Gasteiger partial charge in [-0.15, -0.1) is 0 Å². The standard InChI is InChI=1S/C22H26ClN3O3/c1-14(2)12-26-18-9-8-17(11-19(18)29-13-22(3,4)20(26)27)25-21(28)24-16-7-5-6-15(23)10-16/h5-11,14H,12-13H2,1-4H3,(H2,24,25,28). The molecule has 0 bridgehead atoms. The summed E-state index contributed by atoms with van der Waals surface area (Å²) in [6.07, 6.45) is 0. The van der Waals surface area contributed by atoms with Crippen LogP contribution in [0, 0.1) is 11.3 Å². The molecule has 2 N–H and O–H groups in total. The van der Waals surface area contributed by atoms with Crippen molar-refractivity contribution in [2.24, 2.45) is 11.3 Å². The zero-order valence-corrected chi connectivity index (χ0v) is 17.8. The van der Waals surface area contributed by atoms with Gasteiger partial charge in [0.15, 0.2) is 0 Å². The van der Waals surface area contributed by atoms with E-state index >= 15 is 0 Å². The number of ether oxygens (including phenoxy) is 1. The van der Waals surface area contributed by atoms with E-state index in [2.05, 4.69) is 24.5 Å². The minimum atomic E-state index is -0.633. The van der Waals surface area contributed by atoms with Crippen LogP contribution in [-0.2, 0) is 4.79 Å². The number of carbonyl (C=O) groups excluding carboxylic acids is 2. The van der Waals surface area contributed by atoms with Crippen molar-refractivity contribution in [1.29, 1.82) is 0 Å². The van der Waals surface area contributed by atoms with Gasteiger partial charge in [0.05, 0.1) is 11.1 Å². The minimum absolute atomic E-state index is 0.0318. The third-order valence-electron chi connectivity index (χ3n) is 4.55. The Labute approximate surface area is 176 Å². The summed E-state index contributed by atoms with van der Waals surface area (Å²) >= 11 is 5.95. The molecule has 0 fully saturated rings. The van der Waals surface area contributed by atoms with Gasteiger partial charge >= 0.3 is 6.03 Å². The summed E-state index contributed by atoms with van der Waals surface area (Å²) in [6, 6.07) is 11.8. The second-order valence-electron chi connectivity index (χ2n) is 8.25. The third kappa shape index (κ3) is 5.01. The second kappa shape index (κ2) is 8.33. The third-order valence-corrected chi connectivity index (χ3v) is 4.79. The molecule has 0 unspecified atom stereocenters. The van der Waals surface area contributed by atoms with Crippen LogP contribution in [0.3, 0.4) is 0 Å². The Morgan fingerprint density at radius 3 is 2.52 bits per heavy atom. The van der Waals surface area contributed by atoms with Gasteiger partial charge in [-0.25, -0.2) is 4.79 Å². The fourth-order valence-corrected chi connectivity index (χ4v) is 3.32. The number of fused-ring (bicyclic) bond motifs is 1. The van der Waals surface area contributed by atoms with Crippen molar-refractivity contribution in [1.82, 2.24) is 0 Å². The molecule has 6 nitrogen and oxygen atoms in total. The molecule has 0 aromatic heterocycles. The Morgan fingerprint density at radius 1 is 1.17 bits per heavy atom. The lowest BCUT2D eigenvalue weighted by molar-refractivity contribution is -0.127. The molecule has 154 valence electrons. The highest BCUT2D eigenvalue weighted by atomic mass is 35.5. The van der Waals surface area contributed by atoms with Crippen LogP contribution in [0.25, 0.3) is 0 Å². The zero-order chi connectivity index (χ0) is 21.2. The molecule has 1 heterocycles. The highest BCUT2D eigenvalue weighted by molar-refractivity contribution is 6.30. The summed E-state index contributed by atoms with van der Waals surface area (Å²) in [7, 11) is 0. The van der Waals surface area contributed by atoms with Crippen molar-refractivity contribution in [3.05, 3.63) is 47.5 Å². The van der Waals surface area contributed by atoms with E-state index in [9.17, 15) is 9.59 Å². The van der Waals surface area contributed by atoms with Crippen molar-refractivity contribution < 1.29 is 14.3 Å². The molecule has 2 aromatic rings. The number of urea groups is 1. The normalized spacial score (nSPS) is 15.4. The largest absolute Gasteiger partial charge is 0.490 e. The van der Waals surface area contributed by atoms with Crippen molar-refractivity contribution in [3.63, 3.8) is 0 Å². The maximum Gasteiger partial charge on any atom is 0.323 e. The van der Waals surface area contributed by atoms with Gasteiger partial charge in [0.1, 0.15) is 12.4 Å². The highest BCUT2D eigenvalue weighted by Gasteiger charge is 2.38. The Balaban J connectivity index is 1.81. The average molecular weight is 416 g/mol. The van der Waals surface area contributed by atoms with Crippen LogP contribution in [0.2, 0.25) is 5.02 Å². The van der Waals surface area contributed by atoms with E-state index in [0.29, 0.717) is 34.6 Å². The van der Waals surface area contributed by atoms with Crippen LogP contribution in [0.15, 0.2) is 42.5 Å². The number of nitrogens with zero attached hydrogens (tertiary/aromatic N) is 1. The monoisotopic (exact) mass is 415 g/mol. The highest BCUT2D eigenvalue weighted by Crippen LogP contribution is 2.38. The summed E-state index contributed by atoms with van der Waals surface area (Å²) in [5.41, 5.74) is 1.25. The Hall–Kier alpha value is -2.73. The van der Waals surface area contributed by atoms with Crippen LogP contribution in [0.1, 0.15) is 27.7 Å². The van der Waals surface area contributed by atoms with Crippen molar-refractivity contribution >= 4 is 40.6 Å². The number of hydrogen-bond donors (Lipinski definition) is 2. The van der Waals surface area contributed by atoms with Gasteiger partial charge < -0.3 is 20.3 Å². The Bertz CT molecular complexity index is 927. The first kappa shape index (κ1) is 21.0. The van der Waals surface area contributed by atoms with E-state index in [-0.39, 0.29) is 12.5 Å². The number of carbonyl (C=O) groups is 2. The Kier molecular flexibility index (Phi) is 6.03. The number of nitrogens with one attached hydrogen (secondary N) is 2. The van der Waals surface area contributed by atoms with Gasteiger partial charge in [-0.05, 0) is 50.1 Å². The summed E-state index contributed by atoms with van der Waals surface area (Å²) in [5.74, 6) is 0.913. The minimum Gasteiger partial charge on any atom is -0.490 e. The van der Waals surface area contributed by atoms with Crippen LogP contribution < -0.4 is 20.3 Å². The molecule has 0 spiro atoms. The number of halogens is 1. The number of benzene rings is 2. The molecule has 0 saturated carbocycles. The molecular weight excluding hydrogens is 390 g/mol. The van der Waals surface area contributed by atoms with E-state index in [1.807, 2.05) is 19.9 Å². The molecule has 3 rings (SSSR count). The average Bonchev–Trinajstić information content (AvgIpc) is 2.72. The lowest BCUT2D eigenvalue weighted by atomic mass is 9.92. The van der Waals surface area contributed by atoms with Gasteiger partial charge in [0, 0.05) is 29.0 Å². The van der Waals surface area contributed by atoms with Gasteiger partial charge in [0.2, 0.25) is 5.91 Å². The summed E-state index contributed by atoms with van der Waals surface area (Å²) in [6.45, 7) is 8.77. The zero-order valence-electron chi connectivity index (χ0n) is 17.1. The number of amides is 3. The van der Waals surface area contributed by atoms with E-state index in [4.69, 9.17) is 16.3 Å². The maximum atomic E-state index is 13.0. The molecule has 7 heteroatoms. The van der Waals surface area contributed by atoms with E-state index < -0.39 is 11.4 Å². The van der Waals surface area contributed by atoms with Crippen molar-refractivity contribution in [3.8, 4) is 5.75 Å². The summed E-state index contributed by atoms with van der Waals surface area (Å²) < 4.78 is 5.95. The molecule has 0 atom stereocenters. The van der Waals surface area contributed by atoms with Crippen LogP contribution in [0.5, 0.6) is 5.75 Å². The smallest absolute Gasteiger partial charge is 0.323 e. The molecule has 3 amide bonds.